The molecule has 0 spiro atoms. The summed E-state index contributed by atoms with van der Waals surface area (Å²) in [6.45, 7) is 6.47. The summed E-state index contributed by atoms with van der Waals surface area (Å²) >= 11 is 0. The molecule has 1 atom stereocenters. The van der Waals surface area contributed by atoms with E-state index in [1.165, 1.54) is 4.31 Å². The predicted molar refractivity (Wildman–Crippen MR) is 132 cm³/mol. The number of hydrogen-bond acceptors (Lipinski definition) is 5. The molecule has 2 aliphatic rings. The lowest BCUT2D eigenvalue weighted by Gasteiger charge is -2.33. The van der Waals surface area contributed by atoms with Crippen molar-refractivity contribution in [1.29, 1.82) is 0 Å². The summed E-state index contributed by atoms with van der Waals surface area (Å²) in [7, 11) is -3.85. The number of sulfonamides is 1. The van der Waals surface area contributed by atoms with Crippen LogP contribution in [0.4, 0.5) is 0 Å². The number of carbonyl (C=O) groups excluding carboxylic acids is 1. The van der Waals surface area contributed by atoms with Gasteiger partial charge in [0, 0.05) is 19.1 Å². The minimum Gasteiger partial charge on any atom is -0.355 e. The predicted octanol–water partition coefficient (Wildman–Crippen LogP) is 4.56. The van der Waals surface area contributed by atoms with Crippen LogP contribution < -0.4 is 5.32 Å². The molecule has 8 heteroatoms. The first kappa shape index (κ1) is 24.7. The van der Waals surface area contributed by atoms with Crippen molar-refractivity contribution in [3.8, 4) is 0 Å². The molecule has 1 amide bonds. The maximum absolute atomic E-state index is 13.6. The number of rotatable bonds is 6. The number of aryl methyl sites for hydroxylation is 2. The summed E-state index contributed by atoms with van der Waals surface area (Å²) in [6, 6.07) is 8.12. The Morgan fingerprint density at radius 2 is 1.79 bits per heavy atom. The van der Waals surface area contributed by atoms with E-state index in [0.717, 1.165) is 36.8 Å². The van der Waals surface area contributed by atoms with Crippen LogP contribution in [0.3, 0.4) is 0 Å². The van der Waals surface area contributed by atoms with Crippen molar-refractivity contribution in [2.24, 2.45) is 11.8 Å². The topological polar surface area (TPSA) is 92.5 Å². The highest BCUT2D eigenvalue weighted by atomic mass is 32.2. The molecule has 1 aromatic heterocycles. The van der Waals surface area contributed by atoms with Crippen molar-refractivity contribution in [2.75, 3.05) is 13.1 Å². The Morgan fingerprint density at radius 3 is 2.50 bits per heavy atom. The smallest absolute Gasteiger partial charge is 0.248 e. The number of nitrogens with zero attached hydrogens (tertiary/aromatic N) is 2. The summed E-state index contributed by atoms with van der Waals surface area (Å²) in [6.07, 6.45) is 9.06. The SMILES string of the molecule is Cc1ccc(/C=C/c2onc(C)c2S(=O)(=O)N2CCC[C@H](C(=O)NC3CCC(C)CC3)C2)cc1. The molecule has 1 aromatic carbocycles. The van der Waals surface area contributed by atoms with Crippen molar-refractivity contribution in [3.05, 3.63) is 46.8 Å². The number of carbonyl (C=O) groups is 1. The van der Waals surface area contributed by atoms with Gasteiger partial charge >= 0.3 is 0 Å². The molecule has 1 saturated heterocycles. The number of benzene rings is 1. The highest BCUT2D eigenvalue weighted by Gasteiger charge is 2.37. The van der Waals surface area contributed by atoms with Crippen molar-refractivity contribution in [1.82, 2.24) is 14.8 Å². The Morgan fingerprint density at radius 1 is 1.09 bits per heavy atom. The fourth-order valence-electron chi connectivity index (χ4n) is 4.88. The average Bonchev–Trinajstić information content (AvgIpc) is 3.21. The summed E-state index contributed by atoms with van der Waals surface area (Å²) in [5.74, 6) is 0.557. The summed E-state index contributed by atoms with van der Waals surface area (Å²) in [5.41, 5.74) is 2.42. The van der Waals surface area contributed by atoms with Gasteiger partial charge in [-0.1, -0.05) is 48.0 Å². The van der Waals surface area contributed by atoms with Gasteiger partial charge < -0.3 is 9.84 Å². The van der Waals surface area contributed by atoms with Crippen LogP contribution in [0.15, 0.2) is 33.7 Å². The van der Waals surface area contributed by atoms with Crippen LogP contribution in [0.25, 0.3) is 12.2 Å². The molecule has 1 N–H and O–H groups in total. The van der Waals surface area contributed by atoms with Crippen LogP contribution >= 0.6 is 0 Å². The first-order chi connectivity index (χ1) is 16.2. The molecular formula is C26H35N3O4S. The maximum atomic E-state index is 13.6. The van der Waals surface area contributed by atoms with E-state index in [9.17, 15) is 13.2 Å². The molecule has 0 unspecified atom stereocenters. The molecule has 184 valence electrons. The molecule has 0 radical (unpaired) electrons. The van der Waals surface area contributed by atoms with Crippen molar-refractivity contribution in [2.45, 2.75) is 70.2 Å². The Labute approximate surface area is 202 Å². The van der Waals surface area contributed by atoms with Gasteiger partial charge in [-0.25, -0.2) is 8.42 Å². The first-order valence-electron chi connectivity index (χ1n) is 12.3. The van der Waals surface area contributed by atoms with Crippen molar-refractivity contribution in [3.63, 3.8) is 0 Å². The van der Waals surface area contributed by atoms with Crippen LogP contribution in [-0.2, 0) is 14.8 Å². The van der Waals surface area contributed by atoms with Gasteiger partial charge in [-0.05, 0) is 69.9 Å². The number of hydrogen-bond donors (Lipinski definition) is 1. The maximum Gasteiger partial charge on any atom is 0.248 e. The number of nitrogens with one attached hydrogen (secondary N) is 1. The van der Waals surface area contributed by atoms with Crippen molar-refractivity contribution < 1.29 is 17.7 Å². The molecule has 2 heterocycles. The van der Waals surface area contributed by atoms with E-state index in [0.29, 0.717) is 31.0 Å². The lowest BCUT2D eigenvalue weighted by molar-refractivity contribution is -0.127. The van der Waals surface area contributed by atoms with Crippen LogP contribution in [0.5, 0.6) is 0 Å². The number of aromatic nitrogens is 1. The van der Waals surface area contributed by atoms with Crippen LogP contribution in [0, 0.1) is 25.7 Å². The third-order valence-corrected chi connectivity index (χ3v) is 9.08. The molecule has 1 aliphatic carbocycles. The highest BCUT2D eigenvalue weighted by Crippen LogP contribution is 2.30. The fraction of sp³-hybridized carbons (Fsp3) is 0.538. The van der Waals surface area contributed by atoms with E-state index in [1.54, 1.807) is 13.0 Å². The third-order valence-electron chi connectivity index (χ3n) is 7.05. The minimum absolute atomic E-state index is 0.0269. The van der Waals surface area contributed by atoms with E-state index in [-0.39, 0.29) is 35.1 Å². The lowest BCUT2D eigenvalue weighted by atomic mass is 9.87. The average molecular weight is 486 g/mol. The van der Waals surface area contributed by atoms with Gasteiger partial charge in [0.15, 0.2) is 10.7 Å². The van der Waals surface area contributed by atoms with Gasteiger partial charge in [0.25, 0.3) is 0 Å². The highest BCUT2D eigenvalue weighted by molar-refractivity contribution is 7.89. The monoisotopic (exact) mass is 485 g/mol. The van der Waals surface area contributed by atoms with E-state index >= 15 is 0 Å². The molecule has 4 rings (SSSR count). The Hall–Kier alpha value is -2.45. The molecule has 2 aromatic rings. The van der Waals surface area contributed by atoms with E-state index in [2.05, 4.69) is 17.4 Å². The molecule has 34 heavy (non-hydrogen) atoms. The second-order valence-electron chi connectivity index (χ2n) is 9.87. The standard InChI is InChI=1S/C26H35N3O4S/c1-18-6-10-21(11-7-18)12-15-24-25(20(3)28-33-24)34(31,32)29-16-4-5-22(17-29)26(30)27-23-13-8-19(2)9-14-23/h6-7,10-12,15,19,22-23H,4-5,8-9,13-14,16-17H2,1-3H3,(H,27,30)/b15-12+/t19?,22-,23?/m0/s1. The Bertz CT molecular complexity index is 1130. The van der Waals surface area contributed by atoms with Gasteiger partial charge in [-0.2, -0.15) is 4.31 Å². The van der Waals surface area contributed by atoms with Gasteiger partial charge in [-0.3, -0.25) is 4.79 Å². The number of piperidine rings is 1. The van der Waals surface area contributed by atoms with Gasteiger partial charge in [0.05, 0.1) is 5.92 Å². The van der Waals surface area contributed by atoms with Crippen molar-refractivity contribution >= 4 is 28.1 Å². The molecule has 1 aliphatic heterocycles. The summed E-state index contributed by atoms with van der Waals surface area (Å²) in [4.78, 5) is 13.0. The molecule has 2 fully saturated rings. The zero-order valence-electron chi connectivity index (χ0n) is 20.3. The second-order valence-corrected chi connectivity index (χ2v) is 11.7. The van der Waals surface area contributed by atoms with E-state index in [4.69, 9.17) is 4.52 Å². The molecular weight excluding hydrogens is 450 g/mol. The van der Waals surface area contributed by atoms with E-state index in [1.807, 2.05) is 37.3 Å². The molecule has 0 bridgehead atoms. The first-order valence-corrected chi connectivity index (χ1v) is 13.7. The third kappa shape index (κ3) is 5.61. The van der Waals surface area contributed by atoms with E-state index < -0.39 is 10.0 Å². The normalized spacial score (nSPS) is 24.4. The van der Waals surface area contributed by atoms with Gasteiger partial charge in [0.2, 0.25) is 15.9 Å². The van der Waals surface area contributed by atoms with Crippen LogP contribution in [0.2, 0.25) is 0 Å². The lowest BCUT2D eigenvalue weighted by Crippen LogP contribution is -2.48. The fourth-order valence-corrected chi connectivity index (χ4v) is 6.65. The van der Waals surface area contributed by atoms with Gasteiger partial charge in [0.1, 0.15) is 5.69 Å². The minimum atomic E-state index is -3.85. The second kappa shape index (κ2) is 10.4. The zero-order valence-corrected chi connectivity index (χ0v) is 21.1. The summed E-state index contributed by atoms with van der Waals surface area (Å²) in [5, 5.41) is 7.11. The zero-order chi connectivity index (χ0) is 24.3. The van der Waals surface area contributed by atoms with Crippen LogP contribution in [-0.4, -0.2) is 42.9 Å². The molecule has 1 saturated carbocycles. The number of amides is 1. The Kier molecular flexibility index (Phi) is 7.57. The quantitative estimate of drug-likeness (QED) is 0.648. The summed E-state index contributed by atoms with van der Waals surface area (Å²) < 4.78 is 34.0. The van der Waals surface area contributed by atoms with Gasteiger partial charge in [-0.15, -0.1) is 0 Å². The molecule has 7 nitrogen and oxygen atoms in total. The van der Waals surface area contributed by atoms with Crippen LogP contribution in [0.1, 0.15) is 68.0 Å². The largest absolute Gasteiger partial charge is 0.355 e. The Balaban J connectivity index is 1.48.